The van der Waals surface area contributed by atoms with Gasteiger partial charge in [-0.1, -0.05) is 6.07 Å². The van der Waals surface area contributed by atoms with Crippen LogP contribution >= 0.6 is 0 Å². The predicted molar refractivity (Wildman–Crippen MR) is 53.6 cm³/mol. The molecule has 0 spiro atoms. The molecule has 0 bridgehead atoms. The van der Waals surface area contributed by atoms with Gasteiger partial charge >= 0.3 is 6.18 Å². The predicted octanol–water partition coefficient (Wildman–Crippen LogP) is 3.05. The van der Waals surface area contributed by atoms with Crippen LogP contribution in [0.1, 0.15) is 12.0 Å². The lowest BCUT2D eigenvalue weighted by molar-refractivity contribution is -0.139. The summed E-state index contributed by atoms with van der Waals surface area (Å²) in [5.74, 6) is -1.65. The van der Waals surface area contributed by atoms with Crippen LogP contribution in [-0.2, 0) is 6.42 Å². The summed E-state index contributed by atoms with van der Waals surface area (Å²) >= 11 is 0. The second-order valence-electron chi connectivity index (χ2n) is 3.71. The largest absolute Gasteiger partial charge is 0.390 e. The summed E-state index contributed by atoms with van der Waals surface area (Å²) in [5.41, 5.74) is -0.323. The summed E-state index contributed by atoms with van der Waals surface area (Å²) in [6, 6.07) is 2.19. The zero-order valence-corrected chi connectivity index (χ0v) is 9.11. The first-order chi connectivity index (χ1) is 7.83. The first-order valence-electron chi connectivity index (χ1n) is 5.00. The fourth-order valence-electron chi connectivity index (χ4n) is 1.53. The number of nitrogens with one attached hydrogen (secondary N) is 1. The van der Waals surface area contributed by atoms with Gasteiger partial charge in [-0.25, -0.2) is 8.78 Å². The van der Waals surface area contributed by atoms with Crippen LogP contribution in [0.3, 0.4) is 0 Å². The SMILES string of the molecule is CNC(Cc1c(F)cccc1F)CC(F)(F)F. The summed E-state index contributed by atoms with van der Waals surface area (Å²) in [6.07, 6.45) is -5.83. The fourth-order valence-corrected chi connectivity index (χ4v) is 1.53. The van der Waals surface area contributed by atoms with Gasteiger partial charge in [-0.3, -0.25) is 0 Å². The van der Waals surface area contributed by atoms with E-state index < -0.39 is 30.3 Å². The van der Waals surface area contributed by atoms with Gasteiger partial charge in [-0.05, 0) is 25.6 Å². The van der Waals surface area contributed by atoms with E-state index >= 15 is 0 Å². The lowest BCUT2D eigenvalue weighted by Crippen LogP contribution is -2.33. The van der Waals surface area contributed by atoms with Gasteiger partial charge < -0.3 is 5.32 Å². The Hall–Kier alpha value is -1.17. The van der Waals surface area contributed by atoms with Crippen LogP contribution in [0, 0.1) is 11.6 Å². The third-order valence-electron chi connectivity index (χ3n) is 2.40. The van der Waals surface area contributed by atoms with Gasteiger partial charge in [0.1, 0.15) is 11.6 Å². The third-order valence-corrected chi connectivity index (χ3v) is 2.40. The maximum Gasteiger partial charge on any atom is 0.390 e. The van der Waals surface area contributed by atoms with E-state index in [1.54, 1.807) is 0 Å². The van der Waals surface area contributed by atoms with Gasteiger partial charge in [0.25, 0.3) is 0 Å². The first kappa shape index (κ1) is 13.9. The molecule has 1 N–H and O–H groups in total. The molecular weight excluding hydrogens is 241 g/mol. The molecule has 1 nitrogen and oxygen atoms in total. The molecule has 0 saturated heterocycles. The Balaban J connectivity index is 2.81. The number of alkyl halides is 3. The molecule has 1 aromatic rings. The molecule has 0 heterocycles. The molecule has 0 radical (unpaired) electrons. The standard InChI is InChI=1S/C11H12F5N/c1-17-7(6-11(14,15)16)5-8-9(12)3-2-4-10(8)13/h2-4,7,17H,5-6H2,1H3. The Morgan fingerprint density at radius 3 is 2.12 bits per heavy atom. The molecule has 0 aliphatic rings. The number of hydrogen-bond donors (Lipinski definition) is 1. The normalized spacial score (nSPS) is 13.8. The van der Waals surface area contributed by atoms with Crippen LogP contribution in [0.15, 0.2) is 18.2 Å². The number of benzene rings is 1. The molecule has 1 unspecified atom stereocenters. The Morgan fingerprint density at radius 1 is 1.18 bits per heavy atom. The van der Waals surface area contributed by atoms with Gasteiger partial charge in [-0.15, -0.1) is 0 Å². The number of hydrogen-bond acceptors (Lipinski definition) is 1. The summed E-state index contributed by atoms with van der Waals surface area (Å²) in [4.78, 5) is 0. The lowest BCUT2D eigenvalue weighted by Gasteiger charge is -2.18. The van der Waals surface area contributed by atoms with E-state index in [1.807, 2.05) is 0 Å². The van der Waals surface area contributed by atoms with E-state index in [2.05, 4.69) is 5.32 Å². The zero-order chi connectivity index (χ0) is 13.1. The molecule has 1 rings (SSSR count). The Labute approximate surface area is 95.6 Å². The van der Waals surface area contributed by atoms with Crippen molar-refractivity contribution >= 4 is 0 Å². The molecule has 0 aliphatic carbocycles. The zero-order valence-electron chi connectivity index (χ0n) is 9.11. The highest BCUT2D eigenvalue weighted by atomic mass is 19.4. The third kappa shape index (κ3) is 4.30. The average molecular weight is 253 g/mol. The molecular formula is C11H12F5N. The van der Waals surface area contributed by atoms with Crippen molar-refractivity contribution < 1.29 is 22.0 Å². The fraction of sp³-hybridized carbons (Fsp3) is 0.455. The maximum atomic E-state index is 13.2. The Kier molecular flexibility index (Phi) is 4.45. The van der Waals surface area contributed by atoms with Crippen molar-refractivity contribution in [2.45, 2.75) is 25.1 Å². The van der Waals surface area contributed by atoms with E-state index in [0.29, 0.717) is 0 Å². The topological polar surface area (TPSA) is 12.0 Å². The highest BCUT2D eigenvalue weighted by molar-refractivity contribution is 5.20. The summed E-state index contributed by atoms with van der Waals surface area (Å²) in [7, 11) is 1.33. The summed E-state index contributed by atoms with van der Waals surface area (Å²) in [5, 5.41) is 2.41. The number of rotatable bonds is 4. The van der Waals surface area contributed by atoms with Gasteiger partial charge in [-0.2, -0.15) is 13.2 Å². The minimum absolute atomic E-state index is 0.323. The molecule has 0 aromatic heterocycles. The molecule has 6 heteroatoms. The van der Waals surface area contributed by atoms with Crippen LogP contribution in [0.4, 0.5) is 22.0 Å². The van der Waals surface area contributed by atoms with Crippen LogP contribution in [0.5, 0.6) is 0 Å². The average Bonchev–Trinajstić information content (AvgIpc) is 2.20. The van der Waals surface area contributed by atoms with Crippen molar-refractivity contribution in [3.63, 3.8) is 0 Å². The summed E-state index contributed by atoms with van der Waals surface area (Å²) < 4.78 is 63.0. The molecule has 0 saturated carbocycles. The molecule has 0 amide bonds. The summed E-state index contributed by atoms with van der Waals surface area (Å²) in [6.45, 7) is 0. The highest BCUT2D eigenvalue weighted by Crippen LogP contribution is 2.24. The van der Waals surface area contributed by atoms with Crippen molar-refractivity contribution in [3.05, 3.63) is 35.4 Å². The quantitative estimate of drug-likeness (QED) is 0.813. The minimum Gasteiger partial charge on any atom is -0.316 e. The van der Waals surface area contributed by atoms with Crippen molar-refractivity contribution in [1.29, 1.82) is 0 Å². The van der Waals surface area contributed by atoms with E-state index in [0.717, 1.165) is 12.1 Å². The van der Waals surface area contributed by atoms with E-state index in [9.17, 15) is 22.0 Å². The first-order valence-corrected chi connectivity index (χ1v) is 5.00. The minimum atomic E-state index is -4.37. The monoisotopic (exact) mass is 253 g/mol. The smallest absolute Gasteiger partial charge is 0.316 e. The molecule has 1 aromatic carbocycles. The highest BCUT2D eigenvalue weighted by Gasteiger charge is 2.32. The van der Waals surface area contributed by atoms with Crippen LogP contribution in [0.25, 0.3) is 0 Å². The number of likely N-dealkylation sites (N-methyl/N-ethyl adjacent to an activating group) is 1. The van der Waals surface area contributed by atoms with Crippen molar-refractivity contribution in [2.24, 2.45) is 0 Å². The molecule has 17 heavy (non-hydrogen) atoms. The molecule has 1 atom stereocenters. The second kappa shape index (κ2) is 5.44. The molecule has 96 valence electrons. The van der Waals surface area contributed by atoms with Gasteiger partial charge in [0.15, 0.2) is 0 Å². The Morgan fingerprint density at radius 2 is 1.71 bits per heavy atom. The van der Waals surface area contributed by atoms with Gasteiger partial charge in [0.05, 0.1) is 6.42 Å². The second-order valence-corrected chi connectivity index (χ2v) is 3.71. The van der Waals surface area contributed by atoms with E-state index in [-0.39, 0.29) is 12.0 Å². The number of halogens is 5. The van der Waals surface area contributed by atoms with Crippen molar-refractivity contribution in [1.82, 2.24) is 5.32 Å². The van der Waals surface area contributed by atoms with E-state index in [4.69, 9.17) is 0 Å². The van der Waals surface area contributed by atoms with E-state index in [1.165, 1.54) is 13.1 Å². The van der Waals surface area contributed by atoms with Crippen LogP contribution < -0.4 is 5.32 Å². The molecule has 0 aliphatic heterocycles. The van der Waals surface area contributed by atoms with Gasteiger partial charge in [0, 0.05) is 11.6 Å². The van der Waals surface area contributed by atoms with Crippen molar-refractivity contribution in [3.8, 4) is 0 Å². The molecule has 0 fully saturated rings. The maximum absolute atomic E-state index is 13.2. The lowest BCUT2D eigenvalue weighted by atomic mass is 10.0. The van der Waals surface area contributed by atoms with Crippen LogP contribution in [0.2, 0.25) is 0 Å². The van der Waals surface area contributed by atoms with Crippen molar-refractivity contribution in [2.75, 3.05) is 7.05 Å². The van der Waals surface area contributed by atoms with Gasteiger partial charge in [0.2, 0.25) is 0 Å². The Bertz CT molecular complexity index is 354. The van der Waals surface area contributed by atoms with Crippen LogP contribution in [-0.4, -0.2) is 19.3 Å².